The van der Waals surface area contributed by atoms with Crippen LogP contribution in [0.5, 0.6) is 0 Å². The lowest BCUT2D eigenvalue weighted by Gasteiger charge is -2.23. The highest BCUT2D eigenvalue weighted by Crippen LogP contribution is 2.25. The van der Waals surface area contributed by atoms with Gasteiger partial charge in [0.2, 0.25) is 0 Å². The summed E-state index contributed by atoms with van der Waals surface area (Å²) in [7, 11) is 0. The minimum atomic E-state index is -0.769. The van der Waals surface area contributed by atoms with Crippen molar-refractivity contribution in [3.05, 3.63) is 35.9 Å². The zero-order valence-electron chi connectivity index (χ0n) is 8.55. The van der Waals surface area contributed by atoms with Crippen LogP contribution in [0.4, 0.5) is 4.39 Å². The lowest BCUT2D eigenvalue weighted by atomic mass is 9.86. The summed E-state index contributed by atoms with van der Waals surface area (Å²) in [5.74, 6) is 0. The molecule has 0 spiro atoms. The van der Waals surface area contributed by atoms with Crippen molar-refractivity contribution in [1.29, 1.82) is 0 Å². The molecule has 1 aromatic carbocycles. The number of alkyl halides is 1. The molecule has 1 aromatic rings. The molecule has 1 rings (SSSR count). The quantitative estimate of drug-likeness (QED) is 0.652. The van der Waals surface area contributed by atoms with Gasteiger partial charge in [0, 0.05) is 6.42 Å². The molecule has 0 radical (unpaired) electrons. The zero-order valence-corrected chi connectivity index (χ0v) is 8.55. The van der Waals surface area contributed by atoms with Crippen molar-refractivity contribution in [2.45, 2.75) is 33.4 Å². The smallest absolute Gasteiger partial charge is 0.109 e. The third-order valence-corrected chi connectivity index (χ3v) is 2.20. The van der Waals surface area contributed by atoms with Crippen molar-refractivity contribution in [3.8, 4) is 0 Å². The van der Waals surface area contributed by atoms with E-state index < -0.39 is 6.17 Å². The van der Waals surface area contributed by atoms with Crippen LogP contribution >= 0.6 is 0 Å². The van der Waals surface area contributed by atoms with E-state index in [1.54, 1.807) is 0 Å². The van der Waals surface area contributed by atoms with Crippen molar-refractivity contribution < 1.29 is 4.39 Å². The van der Waals surface area contributed by atoms with Crippen molar-refractivity contribution in [2.24, 2.45) is 5.41 Å². The van der Waals surface area contributed by atoms with Crippen molar-refractivity contribution >= 4 is 0 Å². The Hall–Kier alpha value is -0.850. The Bertz CT molecular complexity index is 246. The molecule has 1 heteroatoms. The summed E-state index contributed by atoms with van der Waals surface area (Å²) in [6, 6.07) is 9.79. The topological polar surface area (TPSA) is 0 Å². The SMILES string of the molecule is CC(C)(C)C(F)Cc1ccccc1. The Labute approximate surface area is 79.8 Å². The van der Waals surface area contributed by atoms with E-state index in [0.717, 1.165) is 5.56 Å². The van der Waals surface area contributed by atoms with Crippen LogP contribution in [0, 0.1) is 5.41 Å². The van der Waals surface area contributed by atoms with Crippen LogP contribution in [0.3, 0.4) is 0 Å². The summed E-state index contributed by atoms with van der Waals surface area (Å²) in [6.07, 6.45) is -0.250. The van der Waals surface area contributed by atoms with Crippen molar-refractivity contribution in [2.75, 3.05) is 0 Å². The maximum Gasteiger partial charge on any atom is 0.109 e. The van der Waals surface area contributed by atoms with E-state index in [-0.39, 0.29) is 5.41 Å². The minimum absolute atomic E-state index is 0.254. The molecule has 13 heavy (non-hydrogen) atoms. The Morgan fingerprint density at radius 2 is 1.69 bits per heavy atom. The van der Waals surface area contributed by atoms with Gasteiger partial charge in [-0.05, 0) is 11.0 Å². The Balaban J connectivity index is 2.61. The average Bonchev–Trinajstić information content (AvgIpc) is 2.04. The summed E-state index contributed by atoms with van der Waals surface area (Å²) in [6.45, 7) is 5.79. The largest absolute Gasteiger partial charge is 0.247 e. The van der Waals surface area contributed by atoms with Crippen LogP contribution in [0.1, 0.15) is 26.3 Å². The molecular formula is C12H17F. The molecule has 1 unspecified atom stereocenters. The fourth-order valence-electron chi connectivity index (χ4n) is 1.13. The molecule has 0 amide bonds. The predicted octanol–water partition coefficient (Wildman–Crippen LogP) is 3.61. The standard InChI is InChI=1S/C12H17F/c1-12(2,3)11(13)9-10-7-5-4-6-8-10/h4-8,11H,9H2,1-3H3. The summed E-state index contributed by atoms with van der Waals surface area (Å²) in [5.41, 5.74) is 0.820. The van der Waals surface area contributed by atoms with Gasteiger partial charge in [0.1, 0.15) is 6.17 Å². The number of hydrogen-bond donors (Lipinski definition) is 0. The predicted molar refractivity (Wildman–Crippen MR) is 54.5 cm³/mol. The highest BCUT2D eigenvalue weighted by atomic mass is 19.1. The van der Waals surface area contributed by atoms with Crippen LogP contribution in [0.2, 0.25) is 0 Å². The number of halogens is 1. The third-order valence-electron chi connectivity index (χ3n) is 2.20. The molecule has 0 saturated heterocycles. The normalized spacial score (nSPS) is 14.2. The first-order chi connectivity index (χ1) is 6.00. The van der Waals surface area contributed by atoms with Gasteiger partial charge in [-0.25, -0.2) is 4.39 Å². The van der Waals surface area contributed by atoms with E-state index >= 15 is 0 Å². The van der Waals surface area contributed by atoms with Gasteiger partial charge in [-0.2, -0.15) is 0 Å². The Kier molecular flexibility index (Phi) is 3.07. The molecule has 0 aliphatic carbocycles. The summed E-state index contributed by atoms with van der Waals surface area (Å²) in [4.78, 5) is 0. The van der Waals surface area contributed by atoms with Gasteiger partial charge >= 0.3 is 0 Å². The van der Waals surface area contributed by atoms with Gasteiger partial charge in [0.25, 0.3) is 0 Å². The van der Waals surface area contributed by atoms with Crippen molar-refractivity contribution in [1.82, 2.24) is 0 Å². The van der Waals surface area contributed by atoms with Crippen molar-refractivity contribution in [3.63, 3.8) is 0 Å². The van der Waals surface area contributed by atoms with E-state index in [9.17, 15) is 4.39 Å². The van der Waals surface area contributed by atoms with Gasteiger partial charge < -0.3 is 0 Å². The highest BCUT2D eigenvalue weighted by Gasteiger charge is 2.23. The van der Waals surface area contributed by atoms with Crippen LogP contribution in [0.15, 0.2) is 30.3 Å². The summed E-state index contributed by atoms with van der Waals surface area (Å²) in [5, 5.41) is 0. The fourth-order valence-corrected chi connectivity index (χ4v) is 1.13. The number of rotatable bonds is 2. The molecular weight excluding hydrogens is 163 g/mol. The first-order valence-corrected chi connectivity index (χ1v) is 4.68. The minimum Gasteiger partial charge on any atom is -0.247 e. The van der Waals surface area contributed by atoms with Crippen LogP contribution < -0.4 is 0 Å². The molecule has 0 saturated carbocycles. The molecule has 0 nitrogen and oxygen atoms in total. The van der Waals surface area contributed by atoms with Gasteiger partial charge in [0.15, 0.2) is 0 Å². The van der Waals surface area contributed by atoms with E-state index in [4.69, 9.17) is 0 Å². The average molecular weight is 180 g/mol. The molecule has 1 atom stereocenters. The molecule has 72 valence electrons. The first kappa shape index (κ1) is 10.2. The molecule has 0 N–H and O–H groups in total. The first-order valence-electron chi connectivity index (χ1n) is 4.68. The molecule has 0 fully saturated rings. The van der Waals surface area contributed by atoms with E-state index in [1.165, 1.54) is 0 Å². The van der Waals surface area contributed by atoms with Gasteiger partial charge in [-0.3, -0.25) is 0 Å². The molecule has 0 heterocycles. The van der Waals surface area contributed by atoms with Gasteiger partial charge in [-0.1, -0.05) is 51.1 Å². The van der Waals surface area contributed by atoms with E-state index in [2.05, 4.69) is 0 Å². The van der Waals surface area contributed by atoms with Gasteiger partial charge in [0.05, 0.1) is 0 Å². The Morgan fingerprint density at radius 3 is 2.15 bits per heavy atom. The van der Waals surface area contributed by atoms with E-state index in [1.807, 2.05) is 51.1 Å². The molecule has 0 aliphatic heterocycles. The molecule has 0 bridgehead atoms. The zero-order chi connectivity index (χ0) is 9.90. The fraction of sp³-hybridized carbons (Fsp3) is 0.500. The lowest BCUT2D eigenvalue weighted by molar-refractivity contribution is 0.162. The maximum absolute atomic E-state index is 13.6. The third kappa shape index (κ3) is 3.17. The van der Waals surface area contributed by atoms with Gasteiger partial charge in [-0.15, -0.1) is 0 Å². The monoisotopic (exact) mass is 180 g/mol. The number of hydrogen-bond acceptors (Lipinski definition) is 0. The Morgan fingerprint density at radius 1 is 1.15 bits per heavy atom. The summed E-state index contributed by atoms with van der Waals surface area (Å²) >= 11 is 0. The van der Waals surface area contributed by atoms with E-state index in [0.29, 0.717) is 6.42 Å². The second-order valence-corrected chi connectivity index (χ2v) is 4.52. The van der Waals surface area contributed by atoms with Crippen LogP contribution in [-0.4, -0.2) is 6.17 Å². The highest BCUT2D eigenvalue weighted by molar-refractivity contribution is 5.15. The second-order valence-electron chi connectivity index (χ2n) is 4.52. The summed E-state index contributed by atoms with van der Waals surface area (Å²) < 4.78 is 13.6. The number of benzene rings is 1. The van der Waals surface area contributed by atoms with Crippen LogP contribution in [0.25, 0.3) is 0 Å². The van der Waals surface area contributed by atoms with Crippen LogP contribution in [-0.2, 0) is 6.42 Å². The molecule has 0 aliphatic rings. The molecule has 0 aromatic heterocycles. The lowest BCUT2D eigenvalue weighted by Crippen LogP contribution is -2.23. The maximum atomic E-state index is 13.6. The second kappa shape index (κ2) is 3.91.